The lowest BCUT2D eigenvalue weighted by Gasteiger charge is -2.38. The minimum absolute atomic E-state index is 0.0524. The number of ketones is 1. The number of hydrogen-bond donors (Lipinski definition) is 2. The Kier molecular flexibility index (Phi) is 12.5. The van der Waals surface area contributed by atoms with Gasteiger partial charge in [0.05, 0.1) is 37.4 Å². The highest BCUT2D eigenvalue weighted by atomic mass is 19.3. The zero-order valence-corrected chi connectivity index (χ0v) is 34.5. The molecule has 1 unspecified atom stereocenters. The molecule has 318 valence electrons. The lowest BCUT2D eigenvalue weighted by Crippen LogP contribution is -2.49. The van der Waals surface area contributed by atoms with Crippen molar-refractivity contribution in [2.75, 3.05) is 87.0 Å². The van der Waals surface area contributed by atoms with Crippen LogP contribution in [0.5, 0.6) is 5.75 Å². The lowest BCUT2D eigenvalue weighted by atomic mass is 9.82. The number of piperazine rings is 1. The van der Waals surface area contributed by atoms with Gasteiger partial charge in [0, 0.05) is 83.0 Å². The minimum Gasteiger partial charge on any atom is -0.495 e. The van der Waals surface area contributed by atoms with E-state index in [0.717, 1.165) is 75.5 Å². The minimum atomic E-state index is -3.59. The average molecular weight is 820 g/mol. The Morgan fingerprint density at radius 3 is 2.51 bits per heavy atom. The van der Waals surface area contributed by atoms with Crippen LogP contribution in [0.25, 0.3) is 0 Å². The Morgan fingerprint density at radius 2 is 1.81 bits per heavy atom. The van der Waals surface area contributed by atoms with E-state index in [1.165, 1.54) is 25.3 Å². The molecule has 1 atom stereocenters. The quantitative estimate of drug-likeness (QED) is 0.188. The third-order valence-electron chi connectivity index (χ3n) is 12.3. The number of amides is 3. The summed E-state index contributed by atoms with van der Waals surface area (Å²) in [6, 6.07) is 4.85. The molecule has 0 spiro atoms. The van der Waals surface area contributed by atoms with Gasteiger partial charge in [-0.05, 0) is 77.1 Å². The summed E-state index contributed by atoms with van der Waals surface area (Å²) < 4.78 is 36.8. The van der Waals surface area contributed by atoms with Gasteiger partial charge in [0.2, 0.25) is 11.9 Å². The molecule has 16 nitrogen and oxygen atoms in total. The summed E-state index contributed by atoms with van der Waals surface area (Å²) >= 11 is 0. The summed E-state index contributed by atoms with van der Waals surface area (Å²) in [4.78, 5) is 68.2. The highest BCUT2D eigenvalue weighted by Crippen LogP contribution is 2.38. The maximum Gasteiger partial charge on any atom is 0.342 e. The van der Waals surface area contributed by atoms with Gasteiger partial charge in [-0.2, -0.15) is 18.9 Å². The van der Waals surface area contributed by atoms with Crippen LogP contribution in [0.3, 0.4) is 0 Å². The van der Waals surface area contributed by atoms with E-state index in [0.29, 0.717) is 48.2 Å². The number of aromatic nitrogens is 4. The second-order valence-corrected chi connectivity index (χ2v) is 16.5. The number of imide groups is 1. The first-order chi connectivity index (χ1) is 28.2. The SMILES string of the molecule is COc1cc(C(=O)C[C@H]2CC[C@H](N(C)CCN3CCN(c4cnn(C5CCC(=O)NC5=O)c4)CC3)CC2)ccc1Nc1ncc2c(n1)N(C(C)C)CC(F)(F)C(=O)N2C. The number of halogens is 2. The van der Waals surface area contributed by atoms with E-state index in [1.54, 1.807) is 42.9 Å². The van der Waals surface area contributed by atoms with E-state index in [-0.39, 0.29) is 41.1 Å². The van der Waals surface area contributed by atoms with Crippen molar-refractivity contribution in [1.82, 2.24) is 34.9 Å². The van der Waals surface area contributed by atoms with Crippen LogP contribution in [0.1, 0.15) is 75.2 Å². The number of Topliss-reactive ketones (excluding diaryl/α,β-unsaturated/α-hetero) is 1. The normalized spacial score (nSPS) is 22.7. The fraction of sp³-hybridized carbons (Fsp3) is 0.585. The van der Waals surface area contributed by atoms with Crippen molar-refractivity contribution in [1.29, 1.82) is 0 Å². The molecule has 2 N–H and O–H groups in total. The number of hydrogen-bond acceptors (Lipinski definition) is 13. The smallest absolute Gasteiger partial charge is 0.342 e. The Labute approximate surface area is 343 Å². The first-order valence-electron chi connectivity index (χ1n) is 20.5. The van der Waals surface area contributed by atoms with Crippen molar-refractivity contribution < 1.29 is 32.7 Å². The van der Waals surface area contributed by atoms with E-state index in [1.807, 2.05) is 6.20 Å². The van der Waals surface area contributed by atoms with Crippen LogP contribution >= 0.6 is 0 Å². The fourth-order valence-corrected chi connectivity index (χ4v) is 8.58. The van der Waals surface area contributed by atoms with Crippen LogP contribution in [-0.2, 0) is 14.4 Å². The zero-order valence-electron chi connectivity index (χ0n) is 34.5. The molecule has 0 radical (unpaired) electrons. The number of likely N-dealkylation sites (N-methyl/N-ethyl adjacent to an activating group) is 1. The van der Waals surface area contributed by atoms with E-state index in [9.17, 15) is 28.0 Å². The van der Waals surface area contributed by atoms with Crippen molar-refractivity contribution in [3.8, 4) is 5.75 Å². The first kappa shape index (κ1) is 41.9. The number of methoxy groups -OCH3 is 1. The van der Waals surface area contributed by atoms with Crippen molar-refractivity contribution in [3.63, 3.8) is 0 Å². The van der Waals surface area contributed by atoms with Gasteiger partial charge in [0.15, 0.2) is 11.6 Å². The molecule has 2 aromatic heterocycles. The van der Waals surface area contributed by atoms with E-state index >= 15 is 0 Å². The monoisotopic (exact) mass is 819 g/mol. The molecule has 5 heterocycles. The number of carbonyl (C=O) groups excluding carboxylic acids is 4. The van der Waals surface area contributed by atoms with Crippen LogP contribution < -0.4 is 30.1 Å². The zero-order chi connectivity index (χ0) is 42.0. The highest BCUT2D eigenvalue weighted by Gasteiger charge is 2.47. The van der Waals surface area contributed by atoms with Crippen LogP contribution in [0.15, 0.2) is 36.8 Å². The molecular formula is C41H55F2N11O5. The summed E-state index contributed by atoms with van der Waals surface area (Å²) in [6.45, 7) is 8.31. The van der Waals surface area contributed by atoms with Gasteiger partial charge in [0.25, 0.3) is 11.8 Å². The van der Waals surface area contributed by atoms with Crippen molar-refractivity contribution >= 4 is 52.3 Å². The number of anilines is 5. The number of nitrogens with zero attached hydrogens (tertiary/aromatic N) is 9. The second-order valence-electron chi connectivity index (χ2n) is 16.5. The van der Waals surface area contributed by atoms with Crippen molar-refractivity contribution in [2.45, 2.75) is 82.8 Å². The number of nitrogens with one attached hydrogen (secondary N) is 2. The van der Waals surface area contributed by atoms with Gasteiger partial charge in [-0.3, -0.25) is 34.1 Å². The fourth-order valence-electron chi connectivity index (χ4n) is 8.58. The lowest BCUT2D eigenvalue weighted by molar-refractivity contribution is -0.140. The summed E-state index contributed by atoms with van der Waals surface area (Å²) in [5, 5.41) is 9.94. The van der Waals surface area contributed by atoms with Gasteiger partial charge >= 0.3 is 5.92 Å². The molecule has 3 amide bonds. The average Bonchev–Trinajstić information content (AvgIpc) is 3.69. The largest absolute Gasteiger partial charge is 0.495 e. The summed E-state index contributed by atoms with van der Waals surface area (Å²) in [5.74, 6) is -4.31. The number of rotatable bonds is 13. The van der Waals surface area contributed by atoms with Crippen LogP contribution in [0.4, 0.5) is 37.6 Å². The summed E-state index contributed by atoms with van der Waals surface area (Å²) in [5.41, 5.74) is 2.23. The molecule has 3 aromatic rings. The molecule has 7 rings (SSSR count). The summed E-state index contributed by atoms with van der Waals surface area (Å²) in [7, 11) is 5.00. The van der Waals surface area contributed by atoms with E-state index in [4.69, 9.17) is 4.74 Å². The second kappa shape index (κ2) is 17.6. The first-order valence-corrected chi connectivity index (χ1v) is 20.5. The molecule has 2 saturated heterocycles. The Hall–Kier alpha value is -5.23. The Bertz CT molecular complexity index is 2030. The molecule has 1 saturated carbocycles. The van der Waals surface area contributed by atoms with E-state index in [2.05, 4.69) is 47.4 Å². The van der Waals surface area contributed by atoms with Crippen molar-refractivity contribution in [3.05, 3.63) is 42.4 Å². The maximum absolute atomic E-state index is 14.8. The molecule has 4 aliphatic rings. The Morgan fingerprint density at radius 1 is 1.07 bits per heavy atom. The summed E-state index contributed by atoms with van der Waals surface area (Å²) in [6.07, 6.45) is 10.4. The maximum atomic E-state index is 14.8. The number of alkyl halides is 2. The third kappa shape index (κ3) is 9.33. The molecule has 1 aromatic carbocycles. The standard InChI is InChI=1S/C41H55F2N11O5/c1-26(2)53-25-41(42,43)39(58)50(4)33-23-44-40(48-37(33)53)46-31-11-8-28(21-35(31)59-5)34(55)20-27-6-9-29(10-7-27)49(3)14-15-51-16-18-52(19-17-51)30-22-45-54(24-30)32-12-13-36(56)47-38(32)57/h8,11,21-24,26-27,29,32H,6-7,9-10,12-20,25H2,1-5H3,(H,44,46,48)(H,47,56,57)/t27-,29-,32?. The molecule has 3 fully saturated rings. The van der Waals surface area contributed by atoms with Gasteiger partial charge in [-0.15, -0.1) is 0 Å². The third-order valence-corrected chi connectivity index (χ3v) is 12.3. The number of benzene rings is 1. The molecular weight excluding hydrogens is 765 g/mol. The molecule has 3 aliphatic heterocycles. The number of fused-ring (bicyclic) bond motifs is 1. The van der Waals surface area contributed by atoms with Gasteiger partial charge in [0.1, 0.15) is 17.5 Å². The molecule has 0 bridgehead atoms. The van der Waals surface area contributed by atoms with Gasteiger partial charge < -0.3 is 29.7 Å². The molecule has 59 heavy (non-hydrogen) atoms. The van der Waals surface area contributed by atoms with Crippen molar-refractivity contribution in [2.24, 2.45) is 5.92 Å². The predicted molar refractivity (Wildman–Crippen MR) is 219 cm³/mol. The predicted octanol–water partition coefficient (Wildman–Crippen LogP) is 4.12. The van der Waals surface area contributed by atoms with Crippen LogP contribution in [-0.4, -0.2) is 138 Å². The number of piperidine rings is 1. The molecule has 1 aliphatic carbocycles. The number of ether oxygens (including phenoxy) is 1. The topological polar surface area (TPSA) is 161 Å². The molecule has 18 heteroatoms. The van der Waals surface area contributed by atoms with Crippen LogP contribution in [0, 0.1) is 5.92 Å². The van der Waals surface area contributed by atoms with E-state index < -0.39 is 24.4 Å². The van der Waals surface area contributed by atoms with Gasteiger partial charge in [-0.1, -0.05) is 0 Å². The van der Waals surface area contributed by atoms with Gasteiger partial charge in [-0.25, -0.2) is 4.98 Å². The highest BCUT2D eigenvalue weighted by molar-refractivity contribution is 6.02. The Balaban J connectivity index is 0.861. The van der Waals surface area contributed by atoms with Crippen LogP contribution in [0.2, 0.25) is 0 Å². The number of carbonyl (C=O) groups is 4.